The second kappa shape index (κ2) is 7.27. The number of carbonyl (C=O) groups excluding carboxylic acids is 1. The number of urea groups is 1. The number of rotatable bonds is 3. The highest BCUT2D eigenvalue weighted by Crippen LogP contribution is 2.46. The highest BCUT2D eigenvalue weighted by molar-refractivity contribution is 5.93. The smallest absolute Gasteiger partial charge is 0.321 e. The van der Waals surface area contributed by atoms with Crippen molar-refractivity contribution in [2.75, 3.05) is 26.5 Å². The molecule has 0 bridgehead atoms. The third kappa shape index (κ3) is 3.16. The van der Waals surface area contributed by atoms with E-state index >= 15 is 0 Å². The molecule has 0 fully saturated rings. The van der Waals surface area contributed by atoms with Crippen LogP contribution in [0.4, 0.5) is 10.5 Å². The number of hydrogen-bond donors (Lipinski definition) is 1. The summed E-state index contributed by atoms with van der Waals surface area (Å²) in [5, 5.41) is 2.89. The first kappa shape index (κ1) is 17.9. The molecule has 0 atom stereocenters. The first-order valence-electron chi connectivity index (χ1n) is 9.09. The molecular formula is C23H22N2O3. The standard InChI is InChI=1S/C23H22N2O3/c1-25(2)23(26)24-16-11-12-17-15(13-16)14-28-21-10-6-8-19(22(17)21)18-7-4-5-9-20(18)27-3/h4-13H,14H2,1-3H3,(H,24,26). The van der Waals surface area contributed by atoms with E-state index in [1.807, 2.05) is 48.5 Å². The summed E-state index contributed by atoms with van der Waals surface area (Å²) in [5.74, 6) is 1.67. The van der Waals surface area contributed by atoms with Crippen LogP contribution in [0.15, 0.2) is 60.7 Å². The normalized spacial score (nSPS) is 11.7. The predicted molar refractivity (Wildman–Crippen MR) is 111 cm³/mol. The van der Waals surface area contributed by atoms with Gasteiger partial charge in [-0.3, -0.25) is 0 Å². The van der Waals surface area contributed by atoms with E-state index in [0.717, 1.165) is 45.0 Å². The molecule has 0 saturated heterocycles. The number of nitrogens with one attached hydrogen (secondary N) is 1. The zero-order chi connectivity index (χ0) is 19.7. The zero-order valence-electron chi connectivity index (χ0n) is 16.2. The summed E-state index contributed by atoms with van der Waals surface area (Å²) < 4.78 is 11.6. The number of carbonyl (C=O) groups is 1. The Morgan fingerprint density at radius 2 is 1.79 bits per heavy atom. The van der Waals surface area contributed by atoms with Gasteiger partial charge in [0.25, 0.3) is 0 Å². The molecule has 0 unspecified atom stereocenters. The number of benzene rings is 3. The van der Waals surface area contributed by atoms with Gasteiger partial charge in [0, 0.05) is 30.9 Å². The number of ether oxygens (including phenoxy) is 2. The van der Waals surface area contributed by atoms with Crippen molar-refractivity contribution in [1.82, 2.24) is 4.90 Å². The van der Waals surface area contributed by atoms with Gasteiger partial charge in [0.15, 0.2) is 0 Å². The molecule has 5 heteroatoms. The fraction of sp³-hybridized carbons (Fsp3) is 0.174. The first-order valence-corrected chi connectivity index (χ1v) is 9.09. The summed E-state index contributed by atoms with van der Waals surface area (Å²) in [4.78, 5) is 13.5. The van der Waals surface area contributed by atoms with Gasteiger partial charge in [-0.25, -0.2) is 4.79 Å². The van der Waals surface area contributed by atoms with Crippen molar-refractivity contribution in [2.45, 2.75) is 6.61 Å². The van der Waals surface area contributed by atoms with Crippen molar-refractivity contribution in [2.24, 2.45) is 0 Å². The molecule has 3 aromatic rings. The van der Waals surface area contributed by atoms with Crippen molar-refractivity contribution >= 4 is 11.7 Å². The van der Waals surface area contributed by atoms with Gasteiger partial charge in [0.05, 0.1) is 7.11 Å². The monoisotopic (exact) mass is 374 g/mol. The average Bonchev–Trinajstić information content (AvgIpc) is 2.72. The van der Waals surface area contributed by atoms with Crippen molar-refractivity contribution in [1.29, 1.82) is 0 Å². The van der Waals surface area contributed by atoms with Gasteiger partial charge >= 0.3 is 6.03 Å². The largest absolute Gasteiger partial charge is 0.496 e. The highest BCUT2D eigenvalue weighted by atomic mass is 16.5. The van der Waals surface area contributed by atoms with E-state index in [1.54, 1.807) is 21.2 Å². The van der Waals surface area contributed by atoms with Gasteiger partial charge in [-0.1, -0.05) is 36.4 Å². The maximum absolute atomic E-state index is 12.0. The van der Waals surface area contributed by atoms with Crippen LogP contribution >= 0.6 is 0 Å². The lowest BCUT2D eigenvalue weighted by Crippen LogP contribution is -2.27. The molecule has 142 valence electrons. The minimum Gasteiger partial charge on any atom is -0.496 e. The van der Waals surface area contributed by atoms with Crippen molar-refractivity contribution in [3.8, 4) is 33.8 Å². The van der Waals surface area contributed by atoms with Gasteiger partial charge in [0.2, 0.25) is 0 Å². The van der Waals surface area contributed by atoms with E-state index < -0.39 is 0 Å². The molecule has 4 rings (SSSR count). The summed E-state index contributed by atoms with van der Waals surface area (Å²) in [5.41, 5.74) is 6.00. The van der Waals surface area contributed by atoms with Gasteiger partial charge in [-0.05, 0) is 41.0 Å². The molecule has 2 amide bonds. The Morgan fingerprint density at radius 1 is 1.00 bits per heavy atom. The average molecular weight is 374 g/mol. The van der Waals surface area contributed by atoms with Crippen LogP contribution in [-0.2, 0) is 6.61 Å². The van der Waals surface area contributed by atoms with Crippen LogP contribution in [0.25, 0.3) is 22.3 Å². The number of anilines is 1. The molecule has 0 radical (unpaired) electrons. The lowest BCUT2D eigenvalue weighted by Gasteiger charge is -2.25. The second-order valence-corrected chi connectivity index (χ2v) is 6.86. The van der Waals surface area contributed by atoms with E-state index in [0.29, 0.717) is 6.61 Å². The molecule has 1 heterocycles. The summed E-state index contributed by atoms with van der Waals surface area (Å²) in [6, 6.07) is 19.8. The highest BCUT2D eigenvalue weighted by Gasteiger charge is 2.23. The summed E-state index contributed by atoms with van der Waals surface area (Å²) in [6.45, 7) is 0.462. The Kier molecular flexibility index (Phi) is 4.65. The van der Waals surface area contributed by atoms with Crippen LogP contribution in [0, 0.1) is 0 Å². The Morgan fingerprint density at radius 3 is 2.57 bits per heavy atom. The van der Waals surface area contributed by atoms with Crippen LogP contribution in [-0.4, -0.2) is 32.1 Å². The Labute approximate surface area is 164 Å². The van der Waals surface area contributed by atoms with Crippen LogP contribution in [0.1, 0.15) is 5.56 Å². The van der Waals surface area contributed by atoms with Crippen LogP contribution in [0.3, 0.4) is 0 Å². The van der Waals surface area contributed by atoms with Crippen molar-refractivity contribution in [3.05, 3.63) is 66.2 Å². The first-order chi connectivity index (χ1) is 13.6. The minimum absolute atomic E-state index is 0.160. The van der Waals surface area contributed by atoms with E-state index in [1.165, 1.54) is 4.90 Å². The third-order valence-corrected chi connectivity index (χ3v) is 4.84. The van der Waals surface area contributed by atoms with Crippen LogP contribution in [0.5, 0.6) is 11.5 Å². The number of para-hydroxylation sites is 1. The van der Waals surface area contributed by atoms with Gasteiger partial charge in [0.1, 0.15) is 18.1 Å². The van der Waals surface area contributed by atoms with Gasteiger partial charge in [-0.15, -0.1) is 0 Å². The predicted octanol–water partition coefficient (Wildman–Crippen LogP) is 5.02. The minimum atomic E-state index is -0.160. The lowest BCUT2D eigenvalue weighted by atomic mass is 9.89. The maximum atomic E-state index is 12.0. The molecule has 0 aliphatic carbocycles. The molecule has 28 heavy (non-hydrogen) atoms. The van der Waals surface area contributed by atoms with Crippen LogP contribution in [0.2, 0.25) is 0 Å². The summed E-state index contributed by atoms with van der Waals surface area (Å²) >= 11 is 0. The van der Waals surface area contributed by atoms with Crippen molar-refractivity contribution in [3.63, 3.8) is 0 Å². The van der Waals surface area contributed by atoms with E-state index in [2.05, 4.69) is 17.4 Å². The lowest BCUT2D eigenvalue weighted by molar-refractivity contribution is 0.230. The van der Waals surface area contributed by atoms with E-state index in [9.17, 15) is 4.79 Å². The number of hydrogen-bond acceptors (Lipinski definition) is 3. The third-order valence-electron chi connectivity index (χ3n) is 4.84. The summed E-state index contributed by atoms with van der Waals surface area (Å²) in [6.07, 6.45) is 0. The SMILES string of the molecule is COc1ccccc1-c1cccc2c1-c1ccc(NC(=O)N(C)C)cc1CO2. The van der Waals surface area contributed by atoms with Gasteiger partial charge in [-0.2, -0.15) is 0 Å². The van der Waals surface area contributed by atoms with E-state index in [-0.39, 0.29) is 6.03 Å². The molecular weight excluding hydrogens is 352 g/mol. The number of amides is 2. The second-order valence-electron chi connectivity index (χ2n) is 6.86. The Hall–Kier alpha value is -3.47. The number of methoxy groups -OCH3 is 1. The van der Waals surface area contributed by atoms with E-state index in [4.69, 9.17) is 9.47 Å². The van der Waals surface area contributed by atoms with Gasteiger partial charge < -0.3 is 19.7 Å². The molecule has 1 aliphatic rings. The molecule has 1 aliphatic heterocycles. The molecule has 0 spiro atoms. The Bertz CT molecular complexity index is 1040. The fourth-order valence-corrected chi connectivity index (χ4v) is 3.45. The summed E-state index contributed by atoms with van der Waals surface area (Å²) in [7, 11) is 5.11. The molecule has 3 aromatic carbocycles. The molecule has 5 nitrogen and oxygen atoms in total. The van der Waals surface area contributed by atoms with Crippen molar-refractivity contribution < 1.29 is 14.3 Å². The zero-order valence-corrected chi connectivity index (χ0v) is 16.2. The Balaban J connectivity index is 1.82. The topological polar surface area (TPSA) is 50.8 Å². The number of nitrogens with zero attached hydrogens (tertiary/aromatic N) is 1. The maximum Gasteiger partial charge on any atom is 0.321 e. The quantitative estimate of drug-likeness (QED) is 0.701. The number of fused-ring (bicyclic) bond motifs is 3. The molecule has 0 saturated carbocycles. The van der Waals surface area contributed by atoms with Crippen LogP contribution < -0.4 is 14.8 Å². The molecule has 0 aromatic heterocycles. The molecule has 1 N–H and O–H groups in total. The fourth-order valence-electron chi connectivity index (χ4n) is 3.45.